The number of aromatic amines is 1. The molecule has 1 aliphatic rings. The molecular weight excluding hydrogens is 260 g/mol. The standard InChI is InChI=1S/C14H14N2O.2C2H6/c17-13(14-15-8-9-16-14)12-7-3-5-10-4-1-2-6-11(10)12;2*1-2/h1-2,4,6,8-9,12H,3,5,7H2,(H,15,16);2*1-2H3. The molecule has 0 aliphatic heterocycles. The minimum absolute atomic E-state index is 0.0221. The van der Waals surface area contributed by atoms with Crippen molar-refractivity contribution in [1.82, 2.24) is 9.97 Å². The van der Waals surface area contributed by atoms with Crippen LogP contribution in [0.5, 0.6) is 0 Å². The van der Waals surface area contributed by atoms with Crippen LogP contribution in [0.1, 0.15) is 68.2 Å². The van der Waals surface area contributed by atoms with Crippen molar-refractivity contribution in [2.75, 3.05) is 0 Å². The van der Waals surface area contributed by atoms with Gasteiger partial charge in [0.2, 0.25) is 5.78 Å². The molecule has 2 aromatic rings. The first-order valence-electron chi connectivity index (χ1n) is 7.97. The van der Waals surface area contributed by atoms with Crippen LogP contribution in [-0.4, -0.2) is 15.8 Å². The Balaban J connectivity index is 0.000000510. The molecule has 0 bridgehead atoms. The fraction of sp³-hybridized carbons (Fsp3) is 0.444. The van der Waals surface area contributed by atoms with Crippen LogP contribution in [0.2, 0.25) is 0 Å². The van der Waals surface area contributed by atoms with Crippen molar-refractivity contribution in [3.05, 3.63) is 53.6 Å². The fourth-order valence-electron chi connectivity index (χ4n) is 2.59. The number of benzene rings is 1. The molecule has 1 aromatic heterocycles. The highest BCUT2D eigenvalue weighted by Crippen LogP contribution is 2.33. The first-order valence-corrected chi connectivity index (χ1v) is 7.97. The first kappa shape index (κ1) is 17.2. The summed E-state index contributed by atoms with van der Waals surface area (Å²) >= 11 is 0. The maximum Gasteiger partial charge on any atom is 0.205 e. The van der Waals surface area contributed by atoms with Gasteiger partial charge in [0.15, 0.2) is 5.82 Å². The topological polar surface area (TPSA) is 45.8 Å². The zero-order valence-electron chi connectivity index (χ0n) is 13.5. The summed E-state index contributed by atoms with van der Waals surface area (Å²) in [5.41, 5.74) is 2.49. The number of hydrogen-bond acceptors (Lipinski definition) is 2. The van der Waals surface area contributed by atoms with E-state index in [9.17, 15) is 4.79 Å². The lowest BCUT2D eigenvalue weighted by Gasteiger charge is -2.23. The molecule has 0 fully saturated rings. The normalized spacial score (nSPS) is 15.7. The molecular formula is C18H26N2O. The molecule has 3 rings (SSSR count). The molecule has 0 radical (unpaired) electrons. The van der Waals surface area contributed by atoms with Gasteiger partial charge in [-0.05, 0) is 30.4 Å². The van der Waals surface area contributed by atoms with Gasteiger partial charge in [0.25, 0.3) is 0 Å². The summed E-state index contributed by atoms with van der Waals surface area (Å²) in [5.74, 6) is 0.569. The lowest BCUT2D eigenvalue weighted by molar-refractivity contribution is 0.0941. The Labute approximate surface area is 127 Å². The molecule has 3 heteroatoms. The number of aromatic nitrogens is 2. The Hall–Kier alpha value is -1.90. The number of nitrogens with zero attached hydrogens (tertiary/aromatic N) is 1. The van der Waals surface area contributed by atoms with E-state index in [1.165, 1.54) is 11.1 Å². The van der Waals surface area contributed by atoms with Crippen molar-refractivity contribution >= 4 is 5.78 Å². The Kier molecular flexibility index (Phi) is 7.44. The number of hydrogen-bond donors (Lipinski definition) is 1. The SMILES string of the molecule is CC.CC.O=C(c1ncc[nH]1)C1CCCc2ccccc21. The molecule has 1 unspecified atom stereocenters. The van der Waals surface area contributed by atoms with Crippen molar-refractivity contribution < 1.29 is 4.79 Å². The zero-order chi connectivity index (χ0) is 15.7. The molecule has 21 heavy (non-hydrogen) atoms. The van der Waals surface area contributed by atoms with E-state index in [1.807, 2.05) is 39.8 Å². The third kappa shape index (κ3) is 4.03. The summed E-state index contributed by atoms with van der Waals surface area (Å²) < 4.78 is 0. The van der Waals surface area contributed by atoms with Crippen molar-refractivity contribution in [3.63, 3.8) is 0 Å². The summed E-state index contributed by atoms with van der Waals surface area (Å²) in [6, 6.07) is 8.24. The van der Waals surface area contributed by atoms with Gasteiger partial charge in [-0.1, -0.05) is 52.0 Å². The van der Waals surface area contributed by atoms with E-state index in [-0.39, 0.29) is 11.7 Å². The quantitative estimate of drug-likeness (QED) is 0.809. The predicted octanol–water partition coefficient (Wildman–Crippen LogP) is 4.76. The summed E-state index contributed by atoms with van der Waals surface area (Å²) in [6.45, 7) is 8.00. The highest BCUT2D eigenvalue weighted by Gasteiger charge is 2.28. The number of carbonyl (C=O) groups excluding carboxylic acids is 1. The maximum absolute atomic E-state index is 12.3. The van der Waals surface area contributed by atoms with E-state index in [4.69, 9.17) is 0 Å². The second-order valence-corrected chi connectivity index (χ2v) is 4.45. The van der Waals surface area contributed by atoms with E-state index in [1.54, 1.807) is 12.4 Å². The van der Waals surface area contributed by atoms with Gasteiger partial charge in [-0.15, -0.1) is 0 Å². The minimum atomic E-state index is -0.0221. The number of imidazole rings is 1. The number of ketones is 1. The molecule has 0 spiro atoms. The average Bonchev–Trinajstić information content (AvgIpc) is 3.12. The molecule has 0 saturated heterocycles. The van der Waals surface area contributed by atoms with E-state index in [0.29, 0.717) is 5.82 Å². The van der Waals surface area contributed by atoms with Crippen molar-refractivity contribution in [2.45, 2.75) is 52.9 Å². The minimum Gasteiger partial charge on any atom is -0.342 e. The number of aryl methyl sites for hydroxylation is 1. The molecule has 0 saturated carbocycles. The van der Waals surface area contributed by atoms with Crippen molar-refractivity contribution in [2.24, 2.45) is 0 Å². The van der Waals surface area contributed by atoms with Crippen LogP contribution in [0, 0.1) is 0 Å². The van der Waals surface area contributed by atoms with Crippen LogP contribution in [0.4, 0.5) is 0 Å². The van der Waals surface area contributed by atoms with E-state index in [2.05, 4.69) is 22.1 Å². The van der Waals surface area contributed by atoms with E-state index in [0.717, 1.165) is 19.3 Å². The number of H-pyrrole nitrogens is 1. The smallest absolute Gasteiger partial charge is 0.205 e. The largest absolute Gasteiger partial charge is 0.342 e. The van der Waals surface area contributed by atoms with Crippen LogP contribution in [0.15, 0.2) is 36.7 Å². The Morgan fingerprint density at radius 3 is 2.57 bits per heavy atom. The number of carbonyl (C=O) groups is 1. The second-order valence-electron chi connectivity index (χ2n) is 4.45. The van der Waals surface area contributed by atoms with Crippen LogP contribution in [-0.2, 0) is 6.42 Å². The van der Waals surface area contributed by atoms with Crippen LogP contribution >= 0.6 is 0 Å². The van der Waals surface area contributed by atoms with Gasteiger partial charge in [-0.25, -0.2) is 4.98 Å². The van der Waals surface area contributed by atoms with E-state index >= 15 is 0 Å². The van der Waals surface area contributed by atoms with Crippen LogP contribution in [0.3, 0.4) is 0 Å². The third-order valence-corrected chi connectivity index (χ3v) is 3.42. The molecule has 1 N–H and O–H groups in total. The Morgan fingerprint density at radius 1 is 1.19 bits per heavy atom. The zero-order valence-corrected chi connectivity index (χ0v) is 13.5. The summed E-state index contributed by atoms with van der Waals surface area (Å²) in [6.07, 6.45) is 6.41. The maximum atomic E-state index is 12.3. The van der Waals surface area contributed by atoms with Gasteiger partial charge in [0.1, 0.15) is 0 Å². The highest BCUT2D eigenvalue weighted by molar-refractivity contribution is 5.98. The number of nitrogens with one attached hydrogen (secondary N) is 1. The van der Waals surface area contributed by atoms with Gasteiger partial charge < -0.3 is 4.98 Å². The molecule has 1 heterocycles. The van der Waals surface area contributed by atoms with Gasteiger partial charge >= 0.3 is 0 Å². The predicted molar refractivity (Wildman–Crippen MR) is 87.7 cm³/mol. The highest BCUT2D eigenvalue weighted by atomic mass is 16.1. The van der Waals surface area contributed by atoms with Crippen LogP contribution in [0.25, 0.3) is 0 Å². The monoisotopic (exact) mass is 286 g/mol. The van der Waals surface area contributed by atoms with Gasteiger partial charge in [0.05, 0.1) is 5.92 Å². The third-order valence-electron chi connectivity index (χ3n) is 3.42. The summed E-state index contributed by atoms with van der Waals surface area (Å²) in [5, 5.41) is 0. The Morgan fingerprint density at radius 2 is 1.90 bits per heavy atom. The fourth-order valence-corrected chi connectivity index (χ4v) is 2.59. The second kappa shape index (κ2) is 9.11. The molecule has 1 atom stereocenters. The van der Waals surface area contributed by atoms with Crippen molar-refractivity contribution in [3.8, 4) is 0 Å². The van der Waals surface area contributed by atoms with E-state index < -0.39 is 0 Å². The Bertz CT molecular complexity index is 532. The van der Waals surface area contributed by atoms with Gasteiger partial charge in [-0.3, -0.25) is 4.79 Å². The molecule has 0 amide bonds. The summed E-state index contributed by atoms with van der Waals surface area (Å²) in [7, 11) is 0. The number of rotatable bonds is 2. The summed E-state index contributed by atoms with van der Waals surface area (Å²) in [4.78, 5) is 19.3. The lowest BCUT2D eigenvalue weighted by Crippen LogP contribution is -2.19. The number of Topliss-reactive ketones (excluding diaryl/α,β-unsaturated/α-hetero) is 1. The first-order chi connectivity index (χ1) is 10.4. The van der Waals surface area contributed by atoms with Crippen molar-refractivity contribution in [1.29, 1.82) is 0 Å². The number of fused-ring (bicyclic) bond motifs is 1. The molecule has 3 nitrogen and oxygen atoms in total. The van der Waals surface area contributed by atoms with Gasteiger partial charge in [-0.2, -0.15) is 0 Å². The van der Waals surface area contributed by atoms with Gasteiger partial charge in [0, 0.05) is 12.4 Å². The lowest BCUT2D eigenvalue weighted by atomic mass is 9.80. The molecule has 1 aromatic carbocycles. The van der Waals surface area contributed by atoms with Crippen LogP contribution < -0.4 is 0 Å². The molecule has 114 valence electrons. The molecule has 1 aliphatic carbocycles. The average molecular weight is 286 g/mol.